The summed E-state index contributed by atoms with van der Waals surface area (Å²) in [5.74, 6) is 1.86. The molecule has 0 aliphatic heterocycles. The largest absolute Gasteiger partial charge is 0.496 e. The smallest absolute Gasteiger partial charge is 0.250 e. The summed E-state index contributed by atoms with van der Waals surface area (Å²) in [6.07, 6.45) is 3.07. The van der Waals surface area contributed by atoms with Gasteiger partial charge < -0.3 is 19.5 Å². The van der Waals surface area contributed by atoms with Crippen LogP contribution in [0.5, 0.6) is 17.2 Å². The number of carbonyl (C=O) groups excluding carboxylic acids is 1. The van der Waals surface area contributed by atoms with E-state index < -0.39 is 0 Å². The number of nitrogens with one attached hydrogen (secondary N) is 2. The summed E-state index contributed by atoms with van der Waals surface area (Å²) < 4.78 is 16.5. The first-order valence-corrected chi connectivity index (χ1v) is 10.4. The van der Waals surface area contributed by atoms with Crippen molar-refractivity contribution >= 4 is 35.0 Å². The second-order valence-corrected chi connectivity index (χ2v) is 6.96. The first kappa shape index (κ1) is 22.8. The number of hydrogen-bond acceptors (Lipinski definition) is 5. The van der Waals surface area contributed by atoms with Crippen molar-refractivity contribution in [1.82, 2.24) is 5.32 Å². The van der Waals surface area contributed by atoms with Crippen molar-refractivity contribution in [2.75, 3.05) is 25.6 Å². The van der Waals surface area contributed by atoms with E-state index >= 15 is 0 Å². The number of rotatable bonds is 9. The van der Waals surface area contributed by atoms with Gasteiger partial charge in [0.25, 0.3) is 0 Å². The van der Waals surface area contributed by atoms with Gasteiger partial charge >= 0.3 is 0 Å². The molecule has 2 N–H and O–H groups in total. The lowest BCUT2D eigenvalue weighted by Crippen LogP contribution is -2.32. The standard InChI is InChI=1S/C25H24N2O4S/c1-29-23-10-6-5-7-19(23)11-16-24(28)27-25(32)26-20-12-14-22(15-13-20)31-18-17-30-21-8-3-2-4-9-21/h2-16H,17-18H2,1H3,(H2,26,27,28,32)/b16-11+. The maximum absolute atomic E-state index is 12.1. The van der Waals surface area contributed by atoms with Crippen molar-refractivity contribution < 1.29 is 19.0 Å². The number of hydrogen-bond donors (Lipinski definition) is 2. The number of para-hydroxylation sites is 2. The van der Waals surface area contributed by atoms with Crippen LogP contribution in [0.15, 0.2) is 84.9 Å². The molecule has 164 valence electrons. The molecule has 0 aromatic heterocycles. The van der Waals surface area contributed by atoms with Crippen molar-refractivity contribution in [2.45, 2.75) is 0 Å². The van der Waals surface area contributed by atoms with Gasteiger partial charge in [-0.1, -0.05) is 36.4 Å². The molecule has 7 heteroatoms. The maximum Gasteiger partial charge on any atom is 0.250 e. The van der Waals surface area contributed by atoms with Gasteiger partial charge in [0.2, 0.25) is 5.91 Å². The first-order chi connectivity index (χ1) is 15.6. The Labute approximate surface area is 192 Å². The molecule has 0 saturated heterocycles. The van der Waals surface area contributed by atoms with Crippen LogP contribution in [0.2, 0.25) is 0 Å². The van der Waals surface area contributed by atoms with Gasteiger partial charge in [-0.3, -0.25) is 10.1 Å². The average molecular weight is 449 g/mol. The molecule has 1 amide bonds. The number of thiocarbonyl (C=S) groups is 1. The monoisotopic (exact) mass is 448 g/mol. The van der Waals surface area contributed by atoms with Crippen LogP contribution in [-0.4, -0.2) is 31.3 Å². The highest BCUT2D eigenvalue weighted by atomic mass is 32.1. The van der Waals surface area contributed by atoms with Crippen molar-refractivity contribution in [3.05, 3.63) is 90.5 Å². The Morgan fingerprint density at radius 3 is 2.19 bits per heavy atom. The van der Waals surface area contributed by atoms with E-state index in [2.05, 4.69) is 10.6 Å². The predicted molar refractivity (Wildman–Crippen MR) is 130 cm³/mol. The van der Waals surface area contributed by atoms with Gasteiger partial charge in [0, 0.05) is 17.3 Å². The fourth-order valence-corrected chi connectivity index (χ4v) is 2.97. The van der Waals surface area contributed by atoms with Crippen LogP contribution < -0.4 is 24.8 Å². The van der Waals surface area contributed by atoms with Gasteiger partial charge in [0.05, 0.1) is 7.11 Å². The molecule has 0 bridgehead atoms. The van der Waals surface area contributed by atoms with E-state index in [0.717, 1.165) is 17.0 Å². The van der Waals surface area contributed by atoms with Crippen molar-refractivity contribution in [1.29, 1.82) is 0 Å². The molecule has 0 fully saturated rings. The molecule has 0 saturated carbocycles. The van der Waals surface area contributed by atoms with E-state index in [1.54, 1.807) is 13.2 Å². The highest BCUT2D eigenvalue weighted by Crippen LogP contribution is 2.18. The number of amides is 1. The molecular formula is C25H24N2O4S. The number of ether oxygens (including phenoxy) is 3. The zero-order valence-corrected chi connectivity index (χ0v) is 18.4. The Kier molecular flexibility index (Phi) is 8.65. The lowest BCUT2D eigenvalue weighted by Gasteiger charge is -2.10. The highest BCUT2D eigenvalue weighted by molar-refractivity contribution is 7.80. The van der Waals surface area contributed by atoms with Crippen LogP contribution in [0, 0.1) is 0 Å². The van der Waals surface area contributed by atoms with Crippen LogP contribution >= 0.6 is 12.2 Å². The van der Waals surface area contributed by atoms with Gasteiger partial charge in [-0.05, 0) is 60.8 Å². The normalized spacial score (nSPS) is 10.4. The Hall–Kier alpha value is -3.84. The number of methoxy groups -OCH3 is 1. The molecule has 0 heterocycles. The fraction of sp³-hybridized carbons (Fsp3) is 0.120. The molecule has 0 aliphatic carbocycles. The molecule has 0 spiro atoms. The third-order valence-electron chi connectivity index (χ3n) is 4.27. The van der Waals surface area contributed by atoms with Crippen LogP contribution in [0.4, 0.5) is 5.69 Å². The van der Waals surface area contributed by atoms with E-state index in [-0.39, 0.29) is 11.0 Å². The van der Waals surface area contributed by atoms with Gasteiger partial charge in [0.1, 0.15) is 30.5 Å². The molecule has 0 radical (unpaired) electrons. The summed E-state index contributed by atoms with van der Waals surface area (Å²) in [6.45, 7) is 0.872. The first-order valence-electron chi connectivity index (χ1n) is 9.98. The van der Waals surface area contributed by atoms with Gasteiger partial charge in [-0.2, -0.15) is 0 Å². The summed E-state index contributed by atoms with van der Waals surface area (Å²) in [5, 5.41) is 5.78. The van der Waals surface area contributed by atoms with Crippen molar-refractivity contribution in [3.8, 4) is 17.2 Å². The number of carbonyl (C=O) groups is 1. The molecule has 0 atom stereocenters. The third-order valence-corrected chi connectivity index (χ3v) is 4.47. The van der Waals surface area contributed by atoms with Crippen molar-refractivity contribution in [3.63, 3.8) is 0 Å². The van der Waals surface area contributed by atoms with Crippen LogP contribution in [0.3, 0.4) is 0 Å². The maximum atomic E-state index is 12.1. The van der Waals surface area contributed by atoms with E-state index in [1.165, 1.54) is 6.08 Å². The fourth-order valence-electron chi connectivity index (χ4n) is 2.76. The van der Waals surface area contributed by atoms with E-state index in [9.17, 15) is 4.79 Å². The minimum absolute atomic E-state index is 0.199. The van der Waals surface area contributed by atoms with Crippen LogP contribution in [0.1, 0.15) is 5.56 Å². The lowest BCUT2D eigenvalue weighted by molar-refractivity contribution is -0.115. The second-order valence-electron chi connectivity index (χ2n) is 6.55. The minimum Gasteiger partial charge on any atom is -0.496 e. The van der Waals surface area contributed by atoms with Crippen LogP contribution in [-0.2, 0) is 4.79 Å². The Balaban J connectivity index is 1.41. The molecule has 3 aromatic carbocycles. The van der Waals surface area contributed by atoms with Crippen molar-refractivity contribution in [2.24, 2.45) is 0 Å². The van der Waals surface area contributed by atoms with Gasteiger partial charge in [0.15, 0.2) is 5.11 Å². The quantitative estimate of drug-likeness (QED) is 0.281. The summed E-state index contributed by atoms with van der Waals surface area (Å²) in [7, 11) is 1.58. The van der Waals surface area contributed by atoms with E-state index in [0.29, 0.717) is 24.7 Å². The molecule has 32 heavy (non-hydrogen) atoms. The summed E-state index contributed by atoms with van der Waals surface area (Å²) in [6, 6.07) is 24.3. The Morgan fingerprint density at radius 1 is 0.875 bits per heavy atom. The van der Waals surface area contributed by atoms with E-state index in [4.69, 9.17) is 26.4 Å². The summed E-state index contributed by atoms with van der Waals surface area (Å²) >= 11 is 5.21. The Morgan fingerprint density at radius 2 is 1.50 bits per heavy atom. The summed E-state index contributed by atoms with van der Waals surface area (Å²) in [5.41, 5.74) is 1.53. The van der Waals surface area contributed by atoms with E-state index in [1.807, 2.05) is 78.9 Å². The predicted octanol–water partition coefficient (Wildman–Crippen LogP) is 4.68. The molecule has 0 unspecified atom stereocenters. The van der Waals surface area contributed by atoms with Gasteiger partial charge in [-0.15, -0.1) is 0 Å². The van der Waals surface area contributed by atoms with Gasteiger partial charge in [-0.25, -0.2) is 0 Å². The number of benzene rings is 3. The minimum atomic E-state index is -0.341. The highest BCUT2D eigenvalue weighted by Gasteiger charge is 2.04. The molecule has 3 aromatic rings. The Bertz CT molecular complexity index is 1050. The molecule has 3 rings (SSSR count). The molecule has 6 nitrogen and oxygen atoms in total. The van der Waals surface area contributed by atoms with Crippen LogP contribution in [0.25, 0.3) is 6.08 Å². The lowest BCUT2D eigenvalue weighted by atomic mass is 10.2. The zero-order valence-electron chi connectivity index (χ0n) is 17.6. The molecule has 0 aliphatic rings. The zero-order chi connectivity index (χ0) is 22.6. The SMILES string of the molecule is COc1ccccc1/C=C/C(=O)NC(=S)Nc1ccc(OCCOc2ccccc2)cc1. The second kappa shape index (κ2) is 12.1. The average Bonchev–Trinajstić information content (AvgIpc) is 2.82. The molecular weight excluding hydrogens is 424 g/mol. The topological polar surface area (TPSA) is 68.8 Å². The third kappa shape index (κ3) is 7.45. The summed E-state index contributed by atoms with van der Waals surface area (Å²) in [4.78, 5) is 12.1. The number of anilines is 1.